The zero-order valence-corrected chi connectivity index (χ0v) is 17.6. The molecular formula is C22H16Cl2N4O2. The highest BCUT2D eigenvalue weighted by Gasteiger charge is 2.18. The first kappa shape index (κ1) is 18.8. The number of rotatable bonds is 2. The molecule has 0 spiro atoms. The van der Waals surface area contributed by atoms with Crippen LogP contribution in [-0.4, -0.2) is 14.3 Å². The molecule has 3 aromatic heterocycles. The van der Waals surface area contributed by atoms with Crippen molar-refractivity contribution in [1.29, 1.82) is 0 Å². The van der Waals surface area contributed by atoms with Crippen LogP contribution in [0.25, 0.3) is 44.3 Å². The Hall–Kier alpha value is -3.22. The lowest BCUT2D eigenvalue weighted by Crippen LogP contribution is -2.20. The minimum absolute atomic E-state index is 0.137. The van der Waals surface area contributed by atoms with Crippen molar-refractivity contribution in [2.24, 2.45) is 14.1 Å². The van der Waals surface area contributed by atoms with Crippen molar-refractivity contribution in [3.8, 4) is 22.4 Å². The summed E-state index contributed by atoms with van der Waals surface area (Å²) in [6.07, 6.45) is 0. The fourth-order valence-electron chi connectivity index (χ4n) is 3.98. The molecule has 30 heavy (non-hydrogen) atoms. The molecule has 2 N–H and O–H groups in total. The number of hydrogen-bond donors (Lipinski definition) is 1. The molecule has 0 aliphatic heterocycles. The van der Waals surface area contributed by atoms with Gasteiger partial charge in [-0.05, 0) is 30.3 Å². The van der Waals surface area contributed by atoms with E-state index in [1.54, 1.807) is 35.9 Å². The molecule has 0 fully saturated rings. The summed E-state index contributed by atoms with van der Waals surface area (Å²) in [6, 6.07) is 14.7. The minimum atomic E-state index is -0.137. The zero-order chi connectivity index (χ0) is 21.2. The molecule has 6 nitrogen and oxygen atoms in total. The van der Waals surface area contributed by atoms with Crippen LogP contribution in [0.3, 0.4) is 0 Å². The molecular weight excluding hydrogens is 423 g/mol. The molecule has 0 saturated carbocycles. The number of nitrogen functional groups attached to an aromatic ring is 1. The number of anilines is 1. The maximum atomic E-state index is 13.2. The van der Waals surface area contributed by atoms with Gasteiger partial charge in [-0.2, -0.15) is 0 Å². The monoisotopic (exact) mass is 438 g/mol. The highest BCUT2D eigenvalue weighted by molar-refractivity contribution is 6.36. The van der Waals surface area contributed by atoms with Crippen LogP contribution in [0.1, 0.15) is 0 Å². The minimum Gasteiger partial charge on any atom is -0.368 e. The largest absolute Gasteiger partial charge is 0.368 e. The lowest BCUT2D eigenvalue weighted by atomic mass is 10.0. The molecule has 5 rings (SSSR count). The molecule has 0 saturated heterocycles. The third-order valence-corrected chi connectivity index (χ3v) is 5.94. The Bertz CT molecular complexity index is 1530. The lowest BCUT2D eigenvalue weighted by Gasteiger charge is -2.09. The molecule has 0 aliphatic carbocycles. The predicted molar refractivity (Wildman–Crippen MR) is 121 cm³/mol. The van der Waals surface area contributed by atoms with Gasteiger partial charge < -0.3 is 14.8 Å². The molecule has 5 aromatic rings. The first-order valence-electron chi connectivity index (χ1n) is 9.15. The fourth-order valence-corrected chi connectivity index (χ4v) is 4.49. The summed E-state index contributed by atoms with van der Waals surface area (Å²) < 4.78 is 8.65. The topological polar surface area (TPSA) is 79.0 Å². The number of nitrogens with two attached hydrogens (primary N) is 1. The molecule has 0 aliphatic rings. The Morgan fingerprint density at radius 3 is 2.43 bits per heavy atom. The number of aromatic nitrogens is 3. The molecule has 0 amide bonds. The van der Waals surface area contributed by atoms with E-state index in [4.69, 9.17) is 33.5 Å². The quantitative estimate of drug-likeness (QED) is 0.408. The Kier molecular flexibility index (Phi) is 4.17. The Balaban J connectivity index is 1.85. The maximum absolute atomic E-state index is 13.2. The van der Waals surface area contributed by atoms with Crippen molar-refractivity contribution in [2.45, 2.75) is 0 Å². The summed E-state index contributed by atoms with van der Waals surface area (Å²) in [7, 11) is 3.70. The third kappa shape index (κ3) is 2.72. The van der Waals surface area contributed by atoms with E-state index in [-0.39, 0.29) is 11.4 Å². The number of halogens is 2. The van der Waals surface area contributed by atoms with Gasteiger partial charge in [0.05, 0.1) is 10.5 Å². The zero-order valence-electron chi connectivity index (χ0n) is 16.1. The van der Waals surface area contributed by atoms with Crippen LogP contribution in [-0.2, 0) is 14.1 Å². The number of aryl methyl sites for hydroxylation is 2. The summed E-state index contributed by atoms with van der Waals surface area (Å²) in [6.45, 7) is 0. The van der Waals surface area contributed by atoms with Crippen LogP contribution < -0.4 is 11.3 Å². The van der Waals surface area contributed by atoms with E-state index in [0.717, 1.165) is 27.5 Å². The van der Waals surface area contributed by atoms with E-state index < -0.39 is 0 Å². The number of fused-ring (bicyclic) bond motifs is 3. The molecule has 150 valence electrons. The van der Waals surface area contributed by atoms with Crippen LogP contribution in [0.2, 0.25) is 10.0 Å². The molecule has 8 heteroatoms. The second-order valence-corrected chi connectivity index (χ2v) is 8.03. The number of benzene rings is 2. The highest BCUT2D eigenvalue weighted by atomic mass is 35.5. The fraction of sp³-hybridized carbons (Fsp3) is 0.0909. The predicted octanol–water partition coefficient (Wildman–Crippen LogP) is 5.24. The van der Waals surface area contributed by atoms with Crippen molar-refractivity contribution in [3.05, 3.63) is 68.9 Å². The molecule has 0 bridgehead atoms. The average molecular weight is 439 g/mol. The first-order valence-corrected chi connectivity index (χ1v) is 9.91. The molecule has 0 unspecified atom stereocenters. The van der Waals surface area contributed by atoms with Crippen LogP contribution in [0.15, 0.2) is 57.8 Å². The smallest absolute Gasteiger partial charge is 0.259 e. The van der Waals surface area contributed by atoms with Gasteiger partial charge in [-0.1, -0.05) is 40.5 Å². The average Bonchev–Trinajstić information content (AvgIpc) is 3.26. The standard InChI is InChI=1S/C22H16Cl2N4O2/c1-27-19-6-3-11(18-10-20(25)30-26-18)7-14(19)15-9-16(22(29)28(2)21(15)27)13-5-4-12(23)8-17(13)24/h3-10H,25H2,1-2H3. The second kappa shape index (κ2) is 6.65. The van der Waals surface area contributed by atoms with Gasteiger partial charge in [-0.25, -0.2) is 0 Å². The van der Waals surface area contributed by atoms with E-state index >= 15 is 0 Å². The SMILES string of the molecule is Cn1c(=O)c(-c2ccc(Cl)cc2Cl)cc2c3cc(-c4cc(N)on4)ccc3n(C)c21. The van der Waals surface area contributed by atoms with Gasteiger partial charge in [0.2, 0.25) is 5.88 Å². The normalized spacial score (nSPS) is 11.6. The first-order chi connectivity index (χ1) is 14.3. The Labute approximate surface area is 181 Å². The van der Waals surface area contributed by atoms with Gasteiger partial charge in [0.25, 0.3) is 5.56 Å². The van der Waals surface area contributed by atoms with Crippen molar-refractivity contribution in [1.82, 2.24) is 14.3 Å². The maximum Gasteiger partial charge on any atom is 0.259 e. The lowest BCUT2D eigenvalue weighted by molar-refractivity contribution is 0.439. The van der Waals surface area contributed by atoms with Crippen molar-refractivity contribution >= 4 is 51.0 Å². The van der Waals surface area contributed by atoms with Gasteiger partial charge in [-0.15, -0.1) is 0 Å². The van der Waals surface area contributed by atoms with E-state index in [1.165, 1.54) is 0 Å². The van der Waals surface area contributed by atoms with E-state index in [2.05, 4.69) is 5.16 Å². The van der Waals surface area contributed by atoms with Crippen LogP contribution >= 0.6 is 23.2 Å². The number of pyridine rings is 1. The van der Waals surface area contributed by atoms with Gasteiger partial charge in [-0.3, -0.25) is 9.36 Å². The summed E-state index contributed by atoms with van der Waals surface area (Å²) >= 11 is 12.4. The van der Waals surface area contributed by atoms with E-state index in [0.29, 0.717) is 26.9 Å². The summed E-state index contributed by atoms with van der Waals surface area (Å²) in [4.78, 5) is 13.2. The third-order valence-electron chi connectivity index (χ3n) is 5.39. The van der Waals surface area contributed by atoms with Crippen LogP contribution in [0.4, 0.5) is 5.88 Å². The number of nitrogens with zero attached hydrogens (tertiary/aromatic N) is 3. The van der Waals surface area contributed by atoms with Crippen molar-refractivity contribution < 1.29 is 4.52 Å². The summed E-state index contributed by atoms with van der Waals surface area (Å²) in [5, 5.41) is 6.86. The van der Waals surface area contributed by atoms with E-state index in [9.17, 15) is 4.79 Å². The van der Waals surface area contributed by atoms with E-state index in [1.807, 2.05) is 35.9 Å². The second-order valence-electron chi connectivity index (χ2n) is 7.19. The van der Waals surface area contributed by atoms with Gasteiger partial charge in [0.15, 0.2) is 0 Å². The molecule has 0 radical (unpaired) electrons. The van der Waals surface area contributed by atoms with Crippen LogP contribution in [0, 0.1) is 0 Å². The van der Waals surface area contributed by atoms with Crippen LogP contribution in [0.5, 0.6) is 0 Å². The molecule has 0 atom stereocenters. The van der Waals surface area contributed by atoms with Gasteiger partial charge in [0.1, 0.15) is 11.3 Å². The number of hydrogen-bond acceptors (Lipinski definition) is 4. The van der Waals surface area contributed by atoms with Gasteiger partial charge >= 0.3 is 0 Å². The Morgan fingerprint density at radius 1 is 0.933 bits per heavy atom. The highest BCUT2D eigenvalue weighted by Crippen LogP contribution is 2.35. The molecule has 2 aromatic carbocycles. The molecule has 3 heterocycles. The van der Waals surface area contributed by atoms with Gasteiger partial charge in [0, 0.05) is 52.6 Å². The van der Waals surface area contributed by atoms with Crippen molar-refractivity contribution in [3.63, 3.8) is 0 Å². The summed E-state index contributed by atoms with van der Waals surface area (Å²) in [5.41, 5.74) is 10.0. The summed E-state index contributed by atoms with van der Waals surface area (Å²) in [5.74, 6) is 0.255. The van der Waals surface area contributed by atoms with Crippen molar-refractivity contribution in [2.75, 3.05) is 5.73 Å². The Morgan fingerprint density at radius 2 is 1.73 bits per heavy atom.